The van der Waals surface area contributed by atoms with Gasteiger partial charge in [0.1, 0.15) is 28.5 Å². The maximum Gasteiger partial charge on any atom is 0.453 e. The Labute approximate surface area is 180 Å². The Kier molecular flexibility index (Phi) is 5.51. The molecule has 2 aliphatic rings. The van der Waals surface area contributed by atoms with Gasteiger partial charge < -0.3 is 29.7 Å². The van der Waals surface area contributed by atoms with Gasteiger partial charge in [0.15, 0.2) is 0 Å². The van der Waals surface area contributed by atoms with Crippen molar-refractivity contribution in [3.63, 3.8) is 0 Å². The van der Waals surface area contributed by atoms with Gasteiger partial charge in [0.25, 0.3) is 0 Å². The minimum atomic E-state index is -3.63. The highest BCUT2D eigenvalue weighted by atomic mass is 32.1. The molecule has 1 aromatic heterocycles. The topological polar surface area (TPSA) is 112 Å². The second-order valence-corrected chi connectivity index (χ2v) is 9.10. The van der Waals surface area contributed by atoms with Crippen molar-refractivity contribution in [2.75, 3.05) is 13.1 Å². The van der Waals surface area contributed by atoms with E-state index >= 15 is 0 Å². The van der Waals surface area contributed by atoms with Gasteiger partial charge in [0, 0.05) is 29.5 Å². The van der Waals surface area contributed by atoms with E-state index in [1.165, 1.54) is 5.38 Å². The Morgan fingerprint density at radius 3 is 2.68 bits per heavy atom. The summed E-state index contributed by atoms with van der Waals surface area (Å²) in [5.74, 6) is -2.66. The van der Waals surface area contributed by atoms with Gasteiger partial charge in [-0.25, -0.2) is 13.8 Å². The van der Waals surface area contributed by atoms with Gasteiger partial charge in [-0.3, -0.25) is 4.79 Å². The molecule has 8 nitrogen and oxygen atoms in total. The Morgan fingerprint density at radius 1 is 1.32 bits per heavy atom. The fourth-order valence-corrected chi connectivity index (χ4v) is 4.45. The van der Waals surface area contributed by atoms with Gasteiger partial charge in [-0.1, -0.05) is 6.92 Å². The lowest BCUT2D eigenvalue weighted by Crippen LogP contribution is -2.48. The Balaban J connectivity index is 1.62. The Morgan fingerprint density at radius 2 is 2.03 bits per heavy atom. The fraction of sp³-hybridized carbons (Fsp3) is 0.500. The van der Waals surface area contributed by atoms with E-state index in [1.54, 1.807) is 4.90 Å². The first-order valence-electron chi connectivity index (χ1n) is 9.71. The van der Waals surface area contributed by atoms with Crippen LogP contribution in [0.15, 0.2) is 17.5 Å². The highest BCUT2D eigenvalue weighted by Crippen LogP contribution is 2.47. The van der Waals surface area contributed by atoms with Gasteiger partial charge in [0.2, 0.25) is 5.91 Å². The number of benzene rings is 1. The number of ether oxygens (including phenoxy) is 2. The second-order valence-electron chi connectivity index (χ2n) is 8.21. The number of rotatable bonds is 5. The van der Waals surface area contributed by atoms with Crippen molar-refractivity contribution in [3.05, 3.63) is 34.2 Å². The SMILES string of the molecule is CC1CN(C(=O)C2(C)CC2)CC(c2nc(-c3c(F)cc(F)cc3OC(O)(O)O)cs2)O1. The van der Waals surface area contributed by atoms with Crippen LogP contribution in [0.2, 0.25) is 0 Å². The summed E-state index contributed by atoms with van der Waals surface area (Å²) in [6, 6.07) is 1.29. The summed E-state index contributed by atoms with van der Waals surface area (Å²) in [7, 11) is 0. The Hall–Kier alpha value is -2.18. The van der Waals surface area contributed by atoms with Crippen molar-refractivity contribution in [2.24, 2.45) is 5.41 Å². The third-order valence-corrected chi connectivity index (χ3v) is 6.32. The number of hydrogen-bond acceptors (Lipinski definition) is 8. The number of nitrogens with zero attached hydrogens (tertiary/aromatic N) is 2. The van der Waals surface area contributed by atoms with E-state index < -0.39 is 29.6 Å². The normalized spacial score (nSPS) is 23.0. The number of carbonyl (C=O) groups is 1. The molecule has 1 aliphatic heterocycles. The number of halogens is 2. The summed E-state index contributed by atoms with van der Waals surface area (Å²) >= 11 is 1.15. The highest BCUT2D eigenvalue weighted by Gasteiger charge is 2.48. The number of amides is 1. The summed E-state index contributed by atoms with van der Waals surface area (Å²) in [6.45, 7) is 4.56. The van der Waals surface area contributed by atoms with E-state index in [1.807, 2.05) is 13.8 Å². The molecule has 4 rings (SSSR count). The van der Waals surface area contributed by atoms with Crippen LogP contribution < -0.4 is 4.74 Å². The smallest absolute Gasteiger partial charge is 0.416 e. The molecule has 2 heterocycles. The van der Waals surface area contributed by atoms with Crippen LogP contribution in [0.4, 0.5) is 8.78 Å². The van der Waals surface area contributed by atoms with Crippen LogP contribution in [0.3, 0.4) is 0 Å². The molecule has 3 N–H and O–H groups in total. The summed E-state index contributed by atoms with van der Waals surface area (Å²) in [6.07, 6.45) is -2.67. The lowest BCUT2D eigenvalue weighted by molar-refractivity contribution is -0.419. The van der Waals surface area contributed by atoms with E-state index in [0.717, 1.165) is 24.2 Å². The number of carbonyl (C=O) groups excluding carboxylic acids is 1. The molecule has 31 heavy (non-hydrogen) atoms. The average molecular weight is 456 g/mol. The van der Waals surface area contributed by atoms with Crippen LogP contribution in [0.1, 0.15) is 37.8 Å². The molecule has 1 amide bonds. The van der Waals surface area contributed by atoms with E-state index in [-0.39, 0.29) is 28.7 Å². The zero-order valence-electron chi connectivity index (χ0n) is 16.8. The van der Waals surface area contributed by atoms with E-state index in [0.29, 0.717) is 30.2 Å². The number of aromatic nitrogens is 1. The third kappa shape index (κ3) is 4.70. The number of hydrogen-bond donors (Lipinski definition) is 3. The predicted octanol–water partition coefficient (Wildman–Crippen LogP) is 2.14. The van der Waals surface area contributed by atoms with Crippen molar-refractivity contribution in [2.45, 2.75) is 45.1 Å². The molecule has 1 aromatic carbocycles. The molecule has 11 heteroatoms. The quantitative estimate of drug-likeness (QED) is 0.591. The molecule has 2 aromatic rings. The molecule has 0 spiro atoms. The minimum Gasteiger partial charge on any atom is -0.416 e. The molecule has 2 atom stereocenters. The molecule has 168 valence electrons. The van der Waals surface area contributed by atoms with Crippen molar-refractivity contribution in [3.8, 4) is 17.0 Å². The molecular formula is C20H22F2N2O6S. The van der Waals surface area contributed by atoms with Crippen molar-refractivity contribution in [1.82, 2.24) is 9.88 Å². The van der Waals surface area contributed by atoms with E-state index in [9.17, 15) is 13.6 Å². The molecule has 0 radical (unpaired) electrons. The first-order valence-corrected chi connectivity index (χ1v) is 10.6. The van der Waals surface area contributed by atoms with Gasteiger partial charge in [0.05, 0.1) is 23.9 Å². The first kappa shape index (κ1) is 22.0. The first-order chi connectivity index (χ1) is 14.4. The zero-order valence-corrected chi connectivity index (χ0v) is 17.7. The van der Waals surface area contributed by atoms with Gasteiger partial charge in [-0.15, -0.1) is 11.3 Å². The molecule has 0 bridgehead atoms. The van der Waals surface area contributed by atoms with E-state index in [4.69, 9.17) is 20.1 Å². The maximum absolute atomic E-state index is 14.5. The average Bonchev–Trinajstić information content (AvgIpc) is 3.21. The minimum absolute atomic E-state index is 0.0330. The van der Waals surface area contributed by atoms with Crippen LogP contribution in [-0.4, -0.2) is 56.5 Å². The van der Waals surface area contributed by atoms with Crippen molar-refractivity contribution < 1.29 is 38.4 Å². The largest absolute Gasteiger partial charge is 0.453 e. The standard InChI is InChI=1S/C20H22F2N2O6S/c1-10-7-24(18(25)19(2)3-4-19)8-15(29-10)17-23-13(9-31-17)16-12(22)5-11(21)6-14(16)30-20(26,27)28/h5-6,9-10,15,26-28H,3-4,7-8H2,1-2H3. The van der Waals surface area contributed by atoms with Gasteiger partial charge >= 0.3 is 6.16 Å². The van der Waals surface area contributed by atoms with Crippen LogP contribution in [0.25, 0.3) is 11.3 Å². The summed E-state index contributed by atoms with van der Waals surface area (Å²) < 4.78 is 38.5. The van der Waals surface area contributed by atoms with Crippen molar-refractivity contribution in [1.29, 1.82) is 0 Å². The molecule has 2 fully saturated rings. The Bertz CT molecular complexity index is 1000. The number of aliphatic hydroxyl groups is 3. The number of morpholine rings is 1. The predicted molar refractivity (Wildman–Crippen MR) is 105 cm³/mol. The van der Waals surface area contributed by atoms with E-state index in [2.05, 4.69) is 9.72 Å². The van der Waals surface area contributed by atoms with Gasteiger partial charge in [-0.05, 0) is 19.8 Å². The number of thiazole rings is 1. The van der Waals surface area contributed by atoms with Crippen molar-refractivity contribution >= 4 is 17.2 Å². The third-order valence-electron chi connectivity index (χ3n) is 5.38. The van der Waals surface area contributed by atoms with Crippen LogP contribution in [0, 0.1) is 17.0 Å². The molecule has 1 aliphatic carbocycles. The maximum atomic E-state index is 14.5. The molecule has 1 saturated carbocycles. The molecular weight excluding hydrogens is 434 g/mol. The molecule has 2 unspecified atom stereocenters. The highest BCUT2D eigenvalue weighted by molar-refractivity contribution is 7.10. The summed E-state index contributed by atoms with van der Waals surface area (Å²) in [4.78, 5) is 18.9. The van der Waals surface area contributed by atoms with Crippen LogP contribution in [-0.2, 0) is 9.53 Å². The molecule has 1 saturated heterocycles. The van der Waals surface area contributed by atoms with Crippen LogP contribution >= 0.6 is 11.3 Å². The lowest BCUT2D eigenvalue weighted by atomic mass is 10.1. The summed E-state index contributed by atoms with van der Waals surface area (Å²) in [5, 5.41) is 29.2. The monoisotopic (exact) mass is 456 g/mol. The second kappa shape index (κ2) is 7.75. The van der Waals surface area contributed by atoms with Crippen LogP contribution in [0.5, 0.6) is 5.75 Å². The van der Waals surface area contributed by atoms with Gasteiger partial charge in [-0.2, -0.15) is 0 Å². The lowest BCUT2D eigenvalue weighted by Gasteiger charge is -2.37. The zero-order chi connectivity index (χ0) is 22.6. The summed E-state index contributed by atoms with van der Waals surface area (Å²) in [5.41, 5.74) is -0.636. The fourth-order valence-electron chi connectivity index (χ4n) is 3.61.